The number of aryl methyl sites for hydroxylation is 1. The molecule has 1 heterocycles. The van der Waals surface area contributed by atoms with E-state index in [0.29, 0.717) is 5.69 Å². The molecule has 5 heteroatoms. The summed E-state index contributed by atoms with van der Waals surface area (Å²) in [4.78, 5) is 3.78. The standard InChI is InChI=1S/C9H8F2N2O/c1-5-8(14-2)7(9(10)11)6(3-12)4-13-5/h4,9H,1-2H3. The molecule has 0 aromatic carbocycles. The number of hydrogen-bond acceptors (Lipinski definition) is 3. The van der Waals surface area contributed by atoms with Gasteiger partial charge in [0, 0.05) is 6.20 Å². The maximum Gasteiger partial charge on any atom is 0.268 e. The Morgan fingerprint density at radius 2 is 2.21 bits per heavy atom. The first-order valence-corrected chi connectivity index (χ1v) is 3.83. The summed E-state index contributed by atoms with van der Waals surface area (Å²) < 4.78 is 30.0. The number of alkyl halides is 2. The normalized spacial score (nSPS) is 10.0. The van der Waals surface area contributed by atoms with Crippen LogP contribution in [0.5, 0.6) is 5.75 Å². The van der Waals surface area contributed by atoms with Gasteiger partial charge in [-0.05, 0) is 6.92 Å². The van der Waals surface area contributed by atoms with Crippen molar-refractivity contribution >= 4 is 0 Å². The van der Waals surface area contributed by atoms with Gasteiger partial charge in [0.15, 0.2) is 0 Å². The van der Waals surface area contributed by atoms with Crippen molar-refractivity contribution in [1.82, 2.24) is 4.98 Å². The minimum Gasteiger partial charge on any atom is -0.494 e. The lowest BCUT2D eigenvalue weighted by molar-refractivity contribution is 0.146. The van der Waals surface area contributed by atoms with Gasteiger partial charge in [-0.3, -0.25) is 4.98 Å². The molecule has 0 aliphatic carbocycles. The molecule has 1 aromatic heterocycles. The lowest BCUT2D eigenvalue weighted by Crippen LogP contribution is -2.00. The molecule has 0 bridgehead atoms. The van der Waals surface area contributed by atoms with E-state index in [1.807, 2.05) is 0 Å². The van der Waals surface area contributed by atoms with Crippen molar-refractivity contribution in [2.75, 3.05) is 7.11 Å². The fourth-order valence-electron chi connectivity index (χ4n) is 1.17. The van der Waals surface area contributed by atoms with Gasteiger partial charge in [0.05, 0.1) is 23.9 Å². The molecule has 14 heavy (non-hydrogen) atoms. The topological polar surface area (TPSA) is 45.9 Å². The van der Waals surface area contributed by atoms with E-state index in [-0.39, 0.29) is 16.9 Å². The number of halogens is 2. The molecule has 0 radical (unpaired) electrons. The highest BCUT2D eigenvalue weighted by atomic mass is 19.3. The molecule has 0 aliphatic rings. The molecule has 1 aromatic rings. The van der Waals surface area contributed by atoms with Crippen LogP contribution < -0.4 is 4.74 Å². The summed E-state index contributed by atoms with van der Waals surface area (Å²) in [6.45, 7) is 1.55. The Kier molecular flexibility index (Phi) is 2.97. The average molecular weight is 198 g/mol. The van der Waals surface area contributed by atoms with Crippen LogP contribution in [0.15, 0.2) is 6.20 Å². The number of ether oxygens (including phenoxy) is 1. The van der Waals surface area contributed by atoms with Crippen molar-refractivity contribution < 1.29 is 13.5 Å². The number of methoxy groups -OCH3 is 1. The number of hydrogen-bond donors (Lipinski definition) is 0. The molecule has 0 saturated heterocycles. The number of nitriles is 1. The molecule has 0 saturated carbocycles. The van der Waals surface area contributed by atoms with Crippen LogP contribution in [0.3, 0.4) is 0 Å². The highest BCUT2D eigenvalue weighted by molar-refractivity contribution is 5.48. The SMILES string of the molecule is COc1c(C)ncc(C#N)c1C(F)F. The first kappa shape index (κ1) is 10.4. The van der Waals surface area contributed by atoms with Gasteiger partial charge >= 0.3 is 0 Å². The van der Waals surface area contributed by atoms with Gasteiger partial charge in [-0.2, -0.15) is 5.26 Å². The molecule has 1 rings (SSSR count). The molecular formula is C9H8F2N2O. The molecule has 0 unspecified atom stereocenters. The molecule has 0 N–H and O–H groups in total. The van der Waals surface area contributed by atoms with Gasteiger partial charge in [-0.1, -0.05) is 0 Å². The number of pyridine rings is 1. The third-order valence-corrected chi connectivity index (χ3v) is 1.79. The van der Waals surface area contributed by atoms with Crippen molar-refractivity contribution in [3.8, 4) is 11.8 Å². The summed E-state index contributed by atoms with van der Waals surface area (Å²) >= 11 is 0. The molecule has 74 valence electrons. The Balaban J connectivity index is 3.46. The van der Waals surface area contributed by atoms with Crippen molar-refractivity contribution in [2.24, 2.45) is 0 Å². The molecule has 0 aliphatic heterocycles. The van der Waals surface area contributed by atoms with E-state index >= 15 is 0 Å². The second-order valence-corrected chi connectivity index (χ2v) is 2.62. The first-order chi connectivity index (χ1) is 6.61. The maximum atomic E-state index is 12.6. The third-order valence-electron chi connectivity index (χ3n) is 1.79. The van der Waals surface area contributed by atoms with Crippen LogP contribution in [0.1, 0.15) is 23.2 Å². The zero-order valence-electron chi connectivity index (χ0n) is 7.71. The summed E-state index contributed by atoms with van der Waals surface area (Å²) in [5, 5.41) is 8.60. The monoisotopic (exact) mass is 198 g/mol. The molecule has 3 nitrogen and oxygen atoms in total. The van der Waals surface area contributed by atoms with Gasteiger partial charge < -0.3 is 4.74 Å². The average Bonchev–Trinajstić information content (AvgIpc) is 2.17. The largest absolute Gasteiger partial charge is 0.494 e. The fraction of sp³-hybridized carbons (Fsp3) is 0.333. The lowest BCUT2D eigenvalue weighted by atomic mass is 10.1. The fourth-order valence-corrected chi connectivity index (χ4v) is 1.17. The van der Waals surface area contributed by atoms with Crippen LogP contribution >= 0.6 is 0 Å². The van der Waals surface area contributed by atoms with Gasteiger partial charge in [-0.15, -0.1) is 0 Å². The number of rotatable bonds is 2. The molecule has 0 fully saturated rings. The Bertz CT molecular complexity index is 385. The molecule has 0 spiro atoms. The van der Waals surface area contributed by atoms with E-state index in [0.717, 1.165) is 6.20 Å². The predicted molar refractivity (Wildman–Crippen MR) is 45.2 cm³/mol. The second kappa shape index (κ2) is 4.01. The minimum absolute atomic E-state index is 0.0148. The summed E-state index contributed by atoms with van der Waals surface area (Å²) in [5.74, 6) is -0.0148. The highest BCUT2D eigenvalue weighted by Crippen LogP contribution is 2.33. The van der Waals surface area contributed by atoms with Gasteiger partial charge in [0.25, 0.3) is 6.43 Å². The van der Waals surface area contributed by atoms with Gasteiger partial charge in [0.1, 0.15) is 11.8 Å². The van der Waals surface area contributed by atoms with Crippen LogP contribution in [0, 0.1) is 18.3 Å². The molecule has 0 atom stereocenters. The minimum atomic E-state index is -2.73. The van der Waals surface area contributed by atoms with Gasteiger partial charge in [-0.25, -0.2) is 8.78 Å². The molecule has 0 amide bonds. The van der Waals surface area contributed by atoms with Crippen LogP contribution in [-0.2, 0) is 0 Å². The zero-order valence-corrected chi connectivity index (χ0v) is 7.71. The van der Waals surface area contributed by atoms with E-state index in [1.165, 1.54) is 7.11 Å². The summed E-state index contributed by atoms with van der Waals surface area (Å²) in [5.41, 5.74) is -0.188. The van der Waals surface area contributed by atoms with Crippen molar-refractivity contribution in [3.63, 3.8) is 0 Å². The quantitative estimate of drug-likeness (QED) is 0.731. The van der Waals surface area contributed by atoms with Crippen LogP contribution in [0.2, 0.25) is 0 Å². The first-order valence-electron chi connectivity index (χ1n) is 3.83. The smallest absolute Gasteiger partial charge is 0.268 e. The lowest BCUT2D eigenvalue weighted by Gasteiger charge is -2.10. The molecular weight excluding hydrogens is 190 g/mol. The number of nitrogens with zero attached hydrogens (tertiary/aromatic N) is 2. The zero-order chi connectivity index (χ0) is 10.7. The summed E-state index contributed by atoms with van der Waals surface area (Å²) in [7, 11) is 1.27. The Labute approximate surface area is 79.9 Å². The summed E-state index contributed by atoms with van der Waals surface area (Å²) in [6, 6.07) is 1.66. The van der Waals surface area contributed by atoms with Crippen LogP contribution in [0.25, 0.3) is 0 Å². The number of aromatic nitrogens is 1. The van der Waals surface area contributed by atoms with E-state index in [9.17, 15) is 8.78 Å². The Morgan fingerprint density at radius 1 is 1.57 bits per heavy atom. The van der Waals surface area contributed by atoms with E-state index in [4.69, 9.17) is 10.00 Å². The second-order valence-electron chi connectivity index (χ2n) is 2.62. The van der Waals surface area contributed by atoms with Crippen LogP contribution in [0.4, 0.5) is 8.78 Å². The van der Waals surface area contributed by atoms with Crippen molar-refractivity contribution in [3.05, 3.63) is 23.0 Å². The highest BCUT2D eigenvalue weighted by Gasteiger charge is 2.21. The van der Waals surface area contributed by atoms with Gasteiger partial charge in [0.2, 0.25) is 0 Å². The van der Waals surface area contributed by atoms with Crippen molar-refractivity contribution in [1.29, 1.82) is 5.26 Å². The van der Waals surface area contributed by atoms with Crippen molar-refractivity contribution in [2.45, 2.75) is 13.3 Å². The van der Waals surface area contributed by atoms with E-state index in [1.54, 1.807) is 13.0 Å². The van der Waals surface area contributed by atoms with E-state index < -0.39 is 6.43 Å². The Morgan fingerprint density at radius 3 is 2.64 bits per heavy atom. The third kappa shape index (κ3) is 1.64. The predicted octanol–water partition coefficient (Wildman–Crippen LogP) is 2.21. The summed E-state index contributed by atoms with van der Waals surface area (Å²) in [6.07, 6.45) is -1.61. The van der Waals surface area contributed by atoms with Crippen LogP contribution in [-0.4, -0.2) is 12.1 Å². The maximum absolute atomic E-state index is 12.6. The Hall–Kier alpha value is -1.70. The van der Waals surface area contributed by atoms with E-state index in [2.05, 4.69) is 4.98 Å².